The lowest BCUT2D eigenvalue weighted by molar-refractivity contribution is 0.0950. The molecule has 0 spiro atoms. The molecule has 190 valence electrons. The van der Waals surface area contributed by atoms with Crippen LogP contribution in [0.5, 0.6) is 5.75 Å². The van der Waals surface area contributed by atoms with Crippen molar-refractivity contribution in [2.24, 2.45) is 0 Å². The van der Waals surface area contributed by atoms with E-state index in [1.54, 1.807) is 19.5 Å². The largest absolute Gasteiger partial charge is 0.497 e. The van der Waals surface area contributed by atoms with E-state index in [-0.39, 0.29) is 5.91 Å². The van der Waals surface area contributed by atoms with Crippen molar-refractivity contribution in [3.05, 3.63) is 95.4 Å². The Hall–Kier alpha value is -4.01. The first-order chi connectivity index (χ1) is 18.1. The van der Waals surface area contributed by atoms with Crippen LogP contribution < -0.4 is 15.8 Å². The van der Waals surface area contributed by atoms with Gasteiger partial charge in [-0.2, -0.15) is 0 Å². The summed E-state index contributed by atoms with van der Waals surface area (Å²) >= 11 is 0. The Morgan fingerprint density at radius 2 is 1.73 bits per heavy atom. The zero-order valence-electron chi connectivity index (χ0n) is 21.1. The first kappa shape index (κ1) is 24.7. The number of hydrogen-bond acceptors (Lipinski definition) is 7. The smallest absolute Gasteiger partial charge is 0.253 e. The number of benzene rings is 2. The number of carbonyl (C=O) groups excluding carboxylic acids is 1. The number of rotatable bonds is 8. The molecule has 0 aliphatic carbocycles. The normalized spacial score (nSPS) is 14.5. The number of nitrogens with zero attached hydrogens (tertiary/aromatic N) is 4. The van der Waals surface area contributed by atoms with Gasteiger partial charge in [-0.15, -0.1) is 0 Å². The highest BCUT2D eigenvalue weighted by atomic mass is 16.5. The molecule has 3 heterocycles. The molecule has 8 nitrogen and oxygen atoms in total. The van der Waals surface area contributed by atoms with Gasteiger partial charge in [-0.3, -0.25) is 19.6 Å². The molecule has 0 unspecified atom stereocenters. The summed E-state index contributed by atoms with van der Waals surface area (Å²) in [7, 11) is 1.70. The van der Waals surface area contributed by atoms with Gasteiger partial charge in [0.2, 0.25) is 0 Å². The van der Waals surface area contributed by atoms with Gasteiger partial charge in [-0.05, 0) is 52.4 Å². The van der Waals surface area contributed by atoms with Crippen molar-refractivity contribution in [3.8, 4) is 5.75 Å². The third-order valence-corrected chi connectivity index (χ3v) is 6.78. The number of nitrogen functional groups attached to an aromatic ring is 1. The fraction of sp³-hybridized carbons (Fsp3) is 0.276. The van der Waals surface area contributed by atoms with E-state index in [4.69, 9.17) is 10.5 Å². The molecular weight excluding hydrogens is 464 g/mol. The molecule has 0 bridgehead atoms. The van der Waals surface area contributed by atoms with Crippen molar-refractivity contribution in [2.45, 2.75) is 19.6 Å². The zero-order chi connectivity index (χ0) is 25.6. The number of ether oxygens (including phenoxy) is 1. The zero-order valence-corrected chi connectivity index (χ0v) is 21.1. The SMILES string of the molecule is COc1cccc(CN2CCN(Cc3cncc(C(=O)NCc4ccc5c(N)nccc5c4)c3)CC2)c1. The summed E-state index contributed by atoms with van der Waals surface area (Å²) < 4.78 is 5.34. The number of pyridine rings is 2. The van der Waals surface area contributed by atoms with Crippen LogP contribution in [-0.2, 0) is 19.6 Å². The van der Waals surface area contributed by atoms with Gasteiger partial charge in [0.25, 0.3) is 5.91 Å². The van der Waals surface area contributed by atoms with Crippen LogP contribution in [0, 0.1) is 0 Å². The van der Waals surface area contributed by atoms with Crippen molar-refractivity contribution >= 4 is 22.5 Å². The second kappa shape index (κ2) is 11.4. The highest BCUT2D eigenvalue weighted by Gasteiger charge is 2.18. The summed E-state index contributed by atoms with van der Waals surface area (Å²) in [6.07, 6.45) is 5.16. The van der Waals surface area contributed by atoms with Crippen molar-refractivity contribution < 1.29 is 9.53 Å². The highest BCUT2D eigenvalue weighted by Crippen LogP contribution is 2.20. The molecule has 0 saturated carbocycles. The number of hydrogen-bond donors (Lipinski definition) is 2. The van der Waals surface area contributed by atoms with Gasteiger partial charge in [-0.1, -0.05) is 24.3 Å². The molecule has 1 aliphatic heterocycles. The fourth-order valence-electron chi connectivity index (χ4n) is 4.74. The first-order valence-electron chi connectivity index (χ1n) is 12.5. The number of anilines is 1. The number of nitrogens with two attached hydrogens (primary N) is 1. The van der Waals surface area contributed by atoms with Gasteiger partial charge in [-0.25, -0.2) is 4.98 Å². The molecule has 0 atom stereocenters. The molecule has 5 rings (SSSR count). The summed E-state index contributed by atoms with van der Waals surface area (Å²) in [5.74, 6) is 1.27. The van der Waals surface area contributed by atoms with Crippen LogP contribution in [0.25, 0.3) is 10.8 Å². The Bertz CT molecular complexity index is 1380. The fourth-order valence-corrected chi connectivity index (χ4v) is 4.74. The summed E-state index contributed by atoms with van der Waals surface area (Å²) in [5, 5.41) is 4.93. The Morgan fingerprint density at radius 1 is 0.946 bits per heavy atom. The molecule has 37 heavy (non-hydrogen) atoms. The average Bonchev–Trinajstić information content (AvgIpc) is 2.93. The minimum atomic E-state index is -0.133. The molecule has 1 amide bonds. The number of nitrogens with one attached hydrogen (secondary N) is 1. The predicted octanol–water partition coefficient (Wildman–Crippen LogP) is 3.47. The summed E-state index contributed by atoms with van der Waals surface area (Å²) in [6, 6.07) is 18.0. The standard InChI is InChI=1S/C29H32N6O2/c1-37-26-4-2-3-22(15-26)19-34-9-11-35(12-10-34)20-23-14-25(18-31-16-23)29(36)33-17-21-5-6-27-24(13-21)7-8-32-28(27)30/h2-8,13-16,18H,9-12,17,19-20H2,1H3,(H2,30,32)(H,33,36). The van der Waals surface area contributed by atoms with E-state index in [2.05, 4.69) is 37.2 Å². The molecule has 0 radical (unpaired) electrons. The average molecular weight is 497 g/mol. The van der Waals surface area contributed by atoms with E-state index in [1.807, 2.05) is 48.7 Å². The molecule has 8 heteroatoms. The molecular formula is C29H32N6O2. The van der Waals surface area contributed by atoms with E-state index in [1.165, 1.54) is 5.56 Å². The van der Waals surface area contributed by atoms with Gasteiger partial charge in [0.1, 0.15) is 11.6 Å². The monoisotopic (exact) mass is 496 g/mol. The lowest BCUT2D eigenvalue weighted by Gasteiger charge is -2.34. The lowest BCUT2D eigenvalue weighted by atomic mass is 10.1. The van der Waals surface area contributed by atoms with Gasteiger partial charge >= 0.3 is 0 Å². The van der Waals surface area contributed by atoms with E-state index in [9.17, 15) is 4.79 Å². The summed E-state index contributed by atoms with van der Waals surface area (Å²) in [5.41, 5.74) is 9.82. The molecule has 4 aromatic rings. The topological polar surface area (TPSA) is 96.6 Å². The predicted molar refractivity (Wildman–Crippen MR) is 145 cm³/mol. The minimum absolute atomic E-state index is 0.133. The molecule has 1 saturated heterocycles. The number of aromatic nitrogens is 2. The molecule has 1 fully saturated rings. The van der Waals surface area contributed by atoms with Crippen LogP contribution in [0.4, 0.5) is 5.82 Å². The minimum Gasteiger partial charge on any atom is -0.497 e. The van der Waals surface area contributed by atoms with E-state index in [0.29, 0.717) is 17.9 Å². The maximum absolute atomic E-state index is 12.8. The summed E-state index contributed by atoms with van der Waals surface area (Å²) in [6.45, 7) is 6.07. The van der Waals surface area contributed by atoms with E-state index < -0.39 is 0 Å². The van der Waals surface area contributed by atoms with Crippen LogP contribution in [0.15, 0.2) is 73.2 Å². The lowest BCUT2D eigenvalue weighted by Crippen LogP contribution is -2.45. The maximum Gasteiger partial charge on any atom is 0.253 e. The van der Waals surface area contributed by atoms with Gasteiger partial charge in [0.05, 0.1) is 12.7 Å². The van der Waals surface area contributed by atoms with Crippen LogP contribution in [-0.4, -0.2) is 59.0 Å². The van der Waals surface area contributed by atoms with Gasteiger partial charge < -0.3 is 15.8 Å². The van der Waals surface area contributed by atoms with Gasteiger partial charge in [0.15, 0.2) is 0 Å². The number of fused-ring (bicyclic) bond motifs is 1. The van der Waals surface area contributed by atoms with Crippen LogP contribution >= 0.6 is 0 Å². The third kappa shape index (κ3) is 6.22. The number of carbonyl (C=O) groups is 1. The second-order valence-corrected chi connectivity index (χ2v) is 9.42. The second-order valence-electron chi connectivity index (χ2n) is 9.42. The van der Waals surface area contributed by atoms with Crippen LogP contribution in [0.2, 0.25) is 0 Å². The van der Waals surface area contributed by atoms with E-state index in [0.717, 1.165) is 66.9 Å². The van der Waals surface area contributed by atoms with Crippen molar-refractivity contribution in [1.82, 2.24) is 25.1 Å². The van der Waals surface area contributed by atoms with Gasteiger partial charge in [0, 0.05) is 69.8 Å². The Morgan fingerprint density at radius 3 is 2.51 bits per heavy atom. The number of amides is 1. The first-order valence-corrected chi connectivity index (χ1v) is 12.5. The van der Waals surface area contributed by atoms with Crippen LogP contribution in [0.3, 0.4) is 0 Å². The van der Waals surface area contributed by atoms with E-state index >= 15 is 0 Å². The third-order valence-electron chi connectivity index (χ3n) is 6.78. The Labute approximate surface area is 217 Å². The Kier molecular flexibility index (Phi) is 7.58. The molecule has 2 aromatic carbocycles. The van der Waals surface area contributed by atoms with Crippen molar-refractivity contribution in [1.29, 1.82) is 0 Å². The molecule has 3 N–H and O–H groups in total. The summed E-state index contributed by atoms with van der Waals surface area (Å²) in [4.78, 5) is 26.2. The molecule has 2 aromatic heterocycles. The quantitative estimate of drug-likeness (QED) is 0.386. The van der Waals surface area contributed by atoms with Crippen molar-refractivity contribution in [3.63, 3.8) is 0 Å². The number of piperazine rings is 1. The highest BCUT2D eigenvalue weighted by molar-refractivity contribution is 5.94. The number of methoxy groups -OCH3 is 1. The Balaban J connectivity index is 1.13. The molecule has 1 aliphatic rings. The van der Waals surface area contributed by atoms with Crippen molar-refractivity contribution in [2.75, 3.05) is 39.0 Å². The van der Waals surface area contributed by atoms with Crippen LogP contribution in [0.1, 0.15) is 27.0 Å². The maximum atomic E-state index is 12.8.